The van der Waals surface area contributed by atoms with Crippen molar-refractivity contribution < 1.29 is 4.74 Å². The van der Waals surface area contributed by atoms with Gasteiger partial charge in [0.25, 0.3) is 0 Å². The molecule has 0 heterocycles. The molecule has 0 bridgehead atoms. The summed E-state index contributed by atoms with van der Waals surface area (Å²) in [6, 6.07) is 7.99. The molecule has 13 heavy (non-hydrogen) atoms. The Morgan fingerprint density at radius 3 is 2.08 bits per heavy atom. The Morgan fingerprint density at radius 1 is 1.15 bits per heavy atom. The number of hydrogen-bond acceptors (Lipinski definition) is 1. The van der Waals surface area contributed by atoms with Crippen molar-refractivity contribution >= 4 is 20.4 Å². The topological polar surface area (TPSA) is 9.23 Å². The summed E-state index contributed by atoms with van der Waals surface area (Å²) in [5, 5.41) is 0. The molecule has 0 unspecified atom stereocenters. The summed E-state index contributed by atoms with van der Waals surface area (Å²) in [5.74, 6) is 0.887. The van der Waals surface area contributed by atoms with Crippen LogP contribution in [-0.2, 0) is 0 Å². The average molecular weight is 241 g/mol. The van der Waals surface area contributed by atoms with Gasteiger partial charge in [-0.15, -0.1) is 0 Å². The summed E-state index contributed by atoms with van der Waals surface area (Å²) < 4.78 is 6.23. The van der Waals surface area contributed by atoms with Gasteiger partial charge in [-0.3, -0.25) is 0 Å². The molecule has 0 aliphatic heterocycles. The number of methoxy groups -OCH3 is 1. The first-order chi connectivity index (χ1) is 6.15. The third-order valence-electron chi connectivity index (χ3n) is 1.78. The maximum absolute atomic E-state index is 5.08. The first kappa shape index (κ1) is 10.3. The van der Waals surface area contributed by atoms with Crippen LogP contribution in [0.2, 0.25) is 0 Å². The van der Waals surface area contributed by atoms with Crippen molar-refractivity contribution in [2.45, 2.75) is 13.8 Å². The lowest BCUT2D eigenvalue weighted by molar-refractivity contribution is 0.415. The Labute approximate surface area is 87.5 Å². The highest BCUT2D eigenvalue weighted by Crippen LogP contribution is 2.26. The van der Waals surface area contributed by atoms with Gasteiger partial charge in [0, 0.05) is 4.48 Å². The standard InChI is InChI=1S/C11H13BrO/c1-8(2)11(12)9-4-6-10(13-3)7-5-9/h4-7H,1-3H3. The molecule has 0 aromatic heterocycles. The molecule has 0 atom stereocenters. The van der Waals surface area contributed by atoms with E-state index >= 15 is 0 Å². The maximum atomic E-state index is 5.08. The van der Waals surface area contributed by atoms with Crippen LogP contribution >= 0.6 is 15.9 Å². The van der Waals surface area contributed by atoms with Crippen molar-refractivity contribution in [3.63, 3.8) is 0 Å². The van der Waals surface area contributed by atoms with E-state index in [4.69, 9.17) is 4.74 Å². The molecule has 0 aliphatic carbocycles. The van der Waals surface area contributed by atoms with Crippen LogP contribution < -0.4 is 4.74 Å². The normalized spacial score (nSPS) is 9.54. The molecule has 1 nitrogen and oxygen atoms in total. The van der Waals surface area contributed by atoms with Gasteiger partial charge in [0.2, 0.25) is 0 Å². The van der Waals surface area contributed by atoms with Crippen LogP contribution in [0, 0.1) is 0 Å². The monoisotopic (exact) mass is 240 g/mol. The smallest absolute Gasteiger partial charge is 0.118 e. The van der Waals surface area contributed by atoms with E-state index in [1.807, 2.05) is 24.3 Å². The molecule has 1 rings (SSSR count). The van der Waals surface area contributed by atoms with E-state index in [0.717, 1.165) is 10.2 Å². The first-order valence-electron chi connectivity index (χ1n) is 4.12. The molecule has 0 saturated carbocycles. The van der Waals surface area contributed by atoms with Gasteiger partial charge in [0.1, 0.15) is 5.75 Å². The van der Waals surface area contributed by atoms with Gasteiger partial charge in [0.15, 0.2) is 0 Å². The van der Waals surface area contributed by atoms with Crippen molar-refractivity contribution in [3.8, 4) is 5.75 Å². The molecule has 0 fully saturated rings. The molecule has 70 valence electrons. The fraction of sp³-hybridized carbons (Fsp3) is 0.273. The Hall–Kier alpha value is -0.760. The minimum Gasteiger partial charge on any atom is -0.497 e. The summed E-state index contributed by atoms with van der Waals surface area (Å²) in [4.78, 5) is 0. The van der Waals surface area contributed by atoms with Gasteiger partial charge >= 0.3 is 0 Å². The molecule has 1 aromatic carbocycles. The van der Waals surface area contributed by atoms with Crippen LogP contribution in [0.25, 0.3) is 4.48 Å². The van der Waals surface area contributed by atoms with Crippen LogP contribution in [0.4, 0.5) is 0 Å². The van der Waals surface area contributed by atoms with Crippen LogP contribution in [0.5, 0.6) is 5.75 Å². The molecule has 0 saturated heterocycles. The molecule has 0 radical (unpaired) electrons. The highest BCUT2D eigenvalue weighted by atomic mass is 79.9. The maximum Gasteiger partial charge on any atom is 0.118 e. The Morgan fingerprint density at radius 2 is 1.69 bits per heavy atom. The predicted octanol–water partition coefficient (Wildman–Crippen LogP) is 3.84. The van der Waals surface area contributed by atoms with Gasteiger partial charge in [-0.2, -0.15) is 0 Å². The van der Waals surface area contributed by atoms with Crippen LogP contribution in [0.1, 0.15) is 19.4 Å². The molecule has 0 amide bonds. The minimum atomic E-state index is 0.887. The zero-order chi connectivity index (χ0) is 9.84. The molecular formula is C11H13BrO. The average Bonchev–Trinajstić information content (AvgIpc) is 2.17. The van der Waals surface area contributed by atoms with E-state index < -0.39 is 0 Å². The van der Waals surface area contributed by atoms with Crippen molar-refractivity contribution in [2.75, 3.05) is 7.11 Å². The van der Waals surface area contributed by atoms with E-state index in [9.17, 15) is 0 Å². The lowest BCUT2D eigenvalue weighted by Gasteiger charge is -2.03. The number of rotatable bonds is 2. The van der Waals surface area contributed by atoms with Gasteiger partial charge in [-0.05, 0) is 31.5 Å². The van der Waals surface area contributed by atoms with Crippen LogP contribution in [-0.4, -0.2) is 7.11 Å². The SMILES string of the molecule is COc1ccc(C(Br)=C(C)C)cc1. The van der Waals surface area contributed by atoms with E-state index in [1.54, 1.807) is 7.11 Å². The summed E-state index contributed by atoms with van der Waals surface area (Å²) in [6.45, 7) is 4.16. The lowest BCUT2D eigenvalue weighted by Crippen LogP contribution is -1.83. The van der Waals surface area contributed by atoms with Gasteiger partial charge in [-0.25, -0.2) is 0 Å². The summed E-state index contributed by atoms with van der Waals surface area (Å²) >= 11 is 3.54. The number of halogens is 1. The van der Waals surface area contributed by atoms with Crippen LogP contribution in [0.15, 0.2) is 29.8 Å². The fourth-order valence-electron chi connectivity index (χ4n) is 1.03. The second kappa shape index (κ2) is 4.47. The Kier molecular flexibility index (Phi) is 3.55. The van der Waals surface area contributed by atoms with Crippen molar-refractivity contribution in [1.82, 2.24) is 0 Å². The zero-order valence-corrected chi connectivity index (χ0v) is 9.68. The molecule has 0 aliphatic rings. The summed E-state index contributed by atoms with van der Waals surface area (Å²) in [6.07, 6.45) is 0. The van der Waals surface area contributed by atoms with Crippen molar-refractivity contribution in [2.24, 2.45) is 0 Å². The van der Waals surface area contributed by atoms with E-state index in [2.05, 4.69) is 29.8 Å². The minimum absolute atomic E-state index is 0.887. The molecular weight excluding hydrogens is 228 g/mol. The quantitative estimate of drug-likeness (QED) is 0.764. The second-order valence-electron chi connectivity index (χ2n) is 3.04. The van der Waals surface area contributed by atoms with Gasteiger partial charge in [0.05, 0.1) is 7.11 Å². The molecule has 0 spiro atoms. The highest BCUT2D eigenvalue weighted by Gasteiger charge is 1.99. The highest BCUT2D eigenvalue weighted by molar-refractivity contribution is 9.15. The van der Waals surface area contributed by atoms with Crippen molar-refractivity contribution in [1.29, 1.82) is 0 Å². The lowest BCUT2D eigenvalue weighted by atomic mass is 10.1. The molecule has 1 aromatic rings. The third-order valence-corrected chi connectivity index (χ3v) is 3.03. The van der Waals surface area contributed by atoms with E-state index in [0.29, 0.717) is 0 Å². The molecule has 2 heteroatoms. The molecule has 0 N–H and O–H groups in total. The summed E-state index contributed by atoms with van der Waals surface area (Å²) in [5.41, 5.74) is 2.45. The Bertz CT molecular complexity index is 307. The first-order valence-corrected chi connectivity index (χ1v) is 4.92. The predicted molar refractivity (Wildman–Crippen MR) is 60.2 cm³/mol. The van der Waals surface area contributed by atoms with Crippen molar-refractivity contribution in [3.05, 3.63) is 35.4 Å². The number of benzene rings is 1. The third kappa shape index (κ3) is 2.59. The number of allylic oxidation sites excluding steroid dienone is 1. The van der Waals surface area contributed by atoms with E-state index in [1.165, 1.54) is 11.1 Å². The number of ether oxygens (including phenoxy) is 1. The fourth-order valence-corrected chi connectivity index (χ4v) is 1.29. The number of hydrogen-bond donors (Lipinski definition) is 0. The Balaban J connectivity index is 2.99. The summed E-state index contributed by atoms with van der Waals surface area (Å²) in [7, 11) is 1.67. The van der Waals surface area contributed by atoms with E-state index in [-0.39, 0.29) is 0 Å². The zero-order valence-electron chi connectivity index (χ0n) is 8.10. The second-order valence-corrected chi connectivity index (χ2v) is 3.84. The van der Waals surface area contributed by atoms with Gasteiger partial charge < -0.3 is 4.74 Å². The van der Waals surface area contributed by atoms with Crippen LogP contribution in [0.3, 0.4) is 0 Å². The largest absolute Gasteiger partial charge is 0.497 e. The van der Waals surface area contributed by atoms with Gasteiger partial charge in [-0.1, -0.05) is 33.6 Å².